The number of nitrogens with zero attached hydrogens (tertiary/aromatic N) is 3. The van der Waals surface area contributed by atoms with E-state index < -0.39 is 0 Å². The van der Waals surface area contributed by atoms with Crippen LogP contribution in [0.1, 0.15) is 12.5 Å². The maximum atomic E-state index is 4.49. The van der Waals surface area contributed by atoms with Gasteiger partial charge in [-0.25, -0.2) is 0 Å². The average Bonchev–Trinajstić information content (AvgIpc) is 2.18. The summed E-state index contributed by atoms with van der Waals surface area (Å²) in [6.45, 7) is 3.23. The van der Waals surface area contributed by atoms with Crippen LogP contribution < -0.4 is 0 Å². The smallest absolute Gasteiger partial charge is 0.124 e. The first-order chi connectivity index (χ1) is 6.75. The third-order valence-corrected chi connectivity index (χ3v) is 3.12. The molecule has 2 heterocycles. The van der Waals surface area contributed by atoms with Gasteiger partial charge in [-0.3, -0.25) is 9.99 Å². The fraction of sp³-hybridized carbons (Fsp3) is 0.400. The molecule has 0 aliphatic carbocycles. The molecule has 0 spiro atoms. The Balaban J connectivity index is 2.26. The van der Waals surface area contributed by atoms with Crippen molar-refractivity contribution in [2.45, 2.75) is 12.2 Å². The van der Waals surface area contributed by atoms with Crippen molar-refractivity contribution in [3.8, 4) is 0 Å². The third kappa shape index (κ3) is 2.07. The van der Waals surface area contributed by atoms with E-state index >= 15 is 0 Å². The van der Waals surface area contributed by atoms with Gasteiger partial charge >= 0.3 is 0 Å². The Hall–Kier alpha value is -1.03. The van der Waals surface area contributed by atoms with Gasteiger partial charge in [0.2, 0.25) is 0 Å². The summed E-state index contributed by atoms with van der Waals surface area (Å²) < 4.78 is 0. The van der Waals surface area contributed by atoms with Crippen LogP contribution >= 0.6 is 11.8 Å². The Bertz CT molecular complexity index is 336. The second kappa shape index (κ2) is 4.00. The van der Waals surface area contributed by atoms with Gasteiger partial charge in [0.05, 0.1) is 0 Å². The van der Waals surface area contributed by atoms with Crippen molar-refractivity contribution in [1.29, 1.82) is 0 Å². The lowest BCUT2D eigenvalue weighted by Gasteiger charge is -2.25. The van der Waals surface area contributed by atoms with E-state index in [-0.39, 0.29) is 0 Å². The Morgan fingerprint density at radius 1 is 1.43 bits per heavy atom. The van der Waals surface area contributed by atoms with Crippen molar-refractivity contribution in [2.75, 3.05) is 13.6 Å². The maximum Gasteiger partial charge on any atom is 0.124 e. The topological polar surface area (TPSA) is 28.5 Å². The van der Waals surface area contributed by atoms with Crippen molar-refractivity contribution in [3.05, 3.63) is 30.1 Å². The molecular formula is C10H13N3S. The summed E-state index contributed by atoms with van der Waals surface area (Å²) >= 11 is 1.82. The van der Waals surface area contributed by atoms with Gasteiger partial charge in [0, 0.05) is 36.8 Å². The molecule has 1 aromatic rings. The lowest BCUT2D eigenvalue weighted by Crippen LogP contribution is -2.28. The minimum Gasteiger partial charge on any atom is -0.298 e. The number of hydrogen-bond acceptors (Lipinski definition) is 4. The SMILES string of the molecule is CC1CN(C)N=C(c2ccncc2)S1. The lowest BCUT2D eigenvalue weighted by atomic mass is 10.3. The molecule has 0 fully saturated rings. The van der Waals surface area contributed by atoms with E-state index in [2.05, 4.69) is 17.0 Å². The van der Waals surface area contributed by atoms with Crippen LogP contribution in [0.4, 0.5) is 0 Å². The summed E-state index contributed by atoms with van der Waals surface area (Å²) in [5.41, 5.74) is 1.16. The van der Waals surface area contributed by atoms with Gasteiger partial charge in [0.25, 0.3) is 0 Å². The van der Waals surface area contributed by atoms with Crippen LogP contribution in [0, 0.1) is 0 Å². The van der Waals surface area contributed by atoms with Gasteiger partial charge in [-0.1, -0.05) is 18.7 Å². The summed E-state index contributed by atoms with van der Waals surface area (Å²) in [6, 6.07) is 4.00. The lowest BCUT2D eigenvalue weighted by molar-refractivity contribution is 0.357. The highest BCUT2D eigenvalue weighted by Crippen LogP contribution is 2.23. The zero-order valence-electron chi connectivity index (χ0n) is 8.34. The molecule has 1 unspecified atom stereocenters. The maximum absolute atomic E-state index is 4.49. The van der Waals surface area contributed by atoms with Crippen molar-refractivity contribution < 1.29 is 0 Å². The molecule has 14 heavy (non-hydrogen) atoms. The first-order valence-electron chi connectivity index (χ1n) is 4.62. The molecule has 0 saturated heterocycles. The van der Waals surface area contributed by atoms with Crippen LogP contribution in [0.3, 0.4) is 0 Å². The fourth-order valence-electron chi connectivity index (χ4n) is 1.44. The van der Waals surface area contributed by atoms with E-state index in [0.717, 1.165) is 17.2 Å². The van der Waals surface area contributed by atoms with E-state index in [1.54, 1.807) is 12.4 Å². The molecule has 4 heteroatoms. The number of thioether (sulfide) groups is 1. The Labute approximate surface area is 88.2 Å². The second-order valence-corrected chi connectivity index (χ2v) is 4.84. The molecule has 1 aliphatic heterocycles. The molecule has 0 N–H and O–H groups in total. The first kappa shape index (κ1) is 9.52. The second-order valence-electron chi connectivity index (χ2n) is 3.41. The molecule has 0 radical (unpaired) electrons. The van der Waals surface area contributed by atoms with Crippen LogP contribution in [0.25, 0.3) is 0 Å². The number of pyridine rings is 1. The van der Waals surface area contributed by atoms with E-state index in [1.165, 1.54) is 0 Å². The normalized spacial score (nSPS) is 22.0. The summed E-state index contributed by atoms with van der Waals surface area (Å²) in [4.78, 5) is 4.00. The van der Waals surface area contributed by atoms with Gasteiger partial charge in [0.1, 0.15) is 5.04 Å². The third-order valence-electron chi connectivity index (χ3n) is 2.02. The van der Waals surface area contributed by atoms with Gasteiger partial charge in [-0.2, -0.15) is 5.10 Å². The Morgan fingerprint density at radius 3 is 2.79 bits per heavy atom. The molecule has 1 aromatic heterocycles. The highest BCUT2D eigenvalue weighted by Gasteiger charge is 2.17. The highest BCUT2D eigenvalue weighted by molar-refractivity contribution is 8.15. The first-order valence-corrected chi connectivity index (χ1v) is 5.50. The quantitative estimate of drug-likeness (QED) is 0.703. The molecular weight excluding hydrogens is 194 g/mol. The standard InChI is InChI=1S/C10H13N3S/c1-8-7-13(2)12-10(14-8)9-3-5-11-6-4-9/h3-6,8H,7H2,1-2H3. The van der Waals surface area contributed by atoms with Gasteiger partial charge in [-0.15, -0.1) is 0 Å². The molecule has 1 atom stereocenters. The predicted octanol–water partition coefficient (Wildman–Crippen LogP) is 1.81. The molecule has 74 valence electrons. The van der Waals surface area contributed by atoms with Crippen molar-refractivity contribution in [1.82, 2.24) is 9.99 Å². The Kier molecular flexibility index (Phi) is 2.72. The van der Waals surface area contributed by atoms with Gasteiger partial charge in [-0.05, 0) is 12.1 Å². The minimum atomic E-state index is 0.598. The average molecular weight is 207 g/mol. The molecule has 0 amide bonds. The summed E-state index contributed by atoms with van der Waals surface area (Å²) in [6.07, 6.45) is 3.61. The summed E-state index contributed by atoms with van der Waals surface area (Å²) in [7, 11) is 2.01. The van der Waals surface area contributed by atoms with E-state index in [4.69, 9.17) is 0 Å². The van der Waals surface area contributed by atoms with E-state index in [9.17, 15) is 0 Å². The summed E-state index contributed by atoms with van der Waals surface area (Å²) in [5.74, 6) is 0. The fourth-order valence-corrected chi connectivity index (χ4v) is 2.57. The summed E-state index contributed by atoms with van der Waals surface area (Å²) in [5, 5.41) is 8.17. The van der Waals surface area contributed by atoms with Crippen LogP contribution in [0.5, 0.6) is 0 Å². The van der Waals surface area contributed by atoms with Crippen LogP contribution in [-0.2, 0) is 0 Å². The van der Waals surface area contributed by atoms with Crippen molar-refractivity contribution in [3.63, 3.8) is 0 Å². The van der Waals surface area contributed by atoms with E-state index in [0.29, 0.717) is 5.25 Å². The van der Waals surface area contributed by atoms with Crippen LogP contribution in [-0.4, -0.2) is 33.9 Å². The Morgan fingerprint density at radius 2 is 2.14 bits per heavy atom. The molecule has 0 bridgehead atoms. The molecule has 0 saturated carbocycles. The number of hydrazone groups is 1. The number of aromatic nitrogens is 1. The zero-order valence-corrected chi connectivity index (χ0v) is 9.16. The molecule has 1 aliphatic rings. The molecule has 2 rings (SSSR count). The predicted molar refractivity (Wildman–Crippen MR) is 60.5 cm³/mol. The van der Waals surface area contributed by atoms with Crippen molar-refractivity contribution >= 4 is 16.8 Å². The number of hydrogen-bond donors (Lipinski definition) is 0. The minimum absolute atomic E-state index is 0.598. The van der Waals surface area contributed by atoms with Gasteiger partial charge < -0.3 is 0 Å². The number of rotatable bonds is 1. The highest BCUT2D eigenvalue weighted by atomic mass is 32.2. The van der Waals surface area contributed by atoms with Crippen LogP contribution in [0.15, 0.2) is 29.6 Å². The van der Waals surface area contributed by atoms with Crippen molar-refractivity contribution in [2.24, 2.45) is 5.10 Å². The molecule has 0 aromatic carbocycles. The largest absolute Gasteiger partial charge is 0.298 e. The monoisotopic (exact) mass is 207 g/mol. The van der Waals surface area contributed by atoms with Gasteiger partial charge in [0.15, 0.2) is 0 Å². The van der Waals surface area contributed by atoms with Crippen LogP contribution in [0.2, 0.25) is 0 Å². The van der Waals surface area contributed by atoms with E-state index in [1.807, 2.05) is 36.0 Å². The zero-order chi connectivity index (χ0) is 9.97. The molecule has 3 nitrogen and oxygen atoms in total.